The van der Waals surface area contributed by atoms with Crippen molar-refractivity contribution in [3.63, 3.8) is 0 Å². The number of para-hydroxylation sites is 1. The highest BCUT2D eigenvalue weighted by atomic mass is 16.3. The van der Waals surface area contributed by atoms with Crippen LogP contribution in [0.25, 0.3) is 11.0 Å². The van der Waals surface area contributed by atoms with Gasteiger partial charge in [-0.15, -0.1) is 0 Å². The Bertz CT molecular complexity index is 544. The van der Waals surface area contributed by atoms with E-state index in [9.17, 15) is 0 Å². The third-order valence-electron chi connectivity index (χ3n) is 4.77. The van der Waals surface area contributed by atoms with Gasteiger partial charge in [0.25, 0.3) is 0 Å². The largest absolute Gasteiger partial charge is 0.459 e. The number of rotatable bonds is 5. The summed E-state index contributed by atoms with van der Waals surface area (Å²) < 4.78 is 6.04. The number of likely N-dealkylation sites (N-methyl/N-ethyl adjacent to an activating group) is 1. The average molecular weight is 286 g/mol. The van der Waals surface area contributed by atoms with Crippen molar-refractivity contribution in [1.29, 1.82) is 0 Å². The minimum atomic E-state index is 0.268. The van der Waals surface area contributed by atoms with E-state index in [2.05, 4.69) is 35.3 Å². The van der Waals surface area contributed by atoms with Gasteiger partial charge in [-0.05, 0) is 45.0 Å². The molecule has 0 aliphatic carbocycles. The van der Waals surface area contributed by atoms with Gasteiger partial charge in [0.1, 0.15) is 11.3 Å². The number of fused-ring (bicyclic) bond motifs is 1. The van der Waals surface area contributed by atoms with E-state index in [1.807, 2.05) is 19.2 Å². The van der Waals surface area contributed by atoms with Crippen LogP contribution in [0.4, 0.5) is 0 Å². The van der Waals surface area contributed by atoms with Crippen LogP contribution in [0.1, 0.15) is 44.4 Å². The maximum absolute atomic E-state index is 6.04. The molecule has 114 valence electrons. The first-order valence-electron chi connectivity index (χ1n) is 8.21. The maximum Gasteiger partial charge on any atom is 0.134 e. The molecule has 0 spiro atoms. The second kappa shape index (κ2) is 6.63. The maximum atomic E-state index is 6.04. The summed E-state index contributed by atoms with van der Waals surface area (Å²) in [5.41, 5.74) is 0.985. The lowest BCUT2D eigenvalue weighted by atomic mass is 9.99. The Labute approximate surface area is 127 Å². The van der Waals surface area contributed by atoms with Gasteiger partial charge in [-0.1, -0.05) is 31.5 Å². The molecule has 0 saturated carbocycles. The quantitative estimate of drug-likeness (QED) is 0.902. The lowest BCUT2D eigenvalue weighted by Crippen LogP contribution is -2.43. The lowest BCUT2D eigenvalue weighted by Gasteiger charge is -2.37. The Balaban J connectivity index is 1.77. The molecule has 2 aromatic rings. The van der Waals surface area contributed by atoms with Crippen LogP contribution >= 0.6 is 0 Å². The zero-order valence-electron chi connectivity index (χ0n) is 13.1. The van der Waals surface area contributed by atoms with Crippen LogP contribution in [-0.4, -0.2) is 31.1 Å². The lowest BCUT2D eigenvalue weighted by molar-refractivity contribution is 0.127. The normalized spacial score (nSPS) is 21.7. The molecule has 0 bridgehead atoms. The summed E-state index contributed by atoms with van der Waals surface area (Å²) in [7, 11) is 2.03. The number of nitrogens with zero attached hydrogens (tertiary/aromatic N) is 1. The van der Waals surface area contributed by atoms with Crippen molar-refractivity contribution in [2.45, 2.75) is 44.7 Å². The van der Waals surface area contributed by atoms with Gasteiger partial charge < -0.3 is 9.73 Å². The van der Waals surface area contributed by atoms with Crippen molar-refractivity contribution in [1.82, 2.24) is 10.2 Å². The van der Waals surface area contributed by atoms with Crippen LogP contribution in [0.5, 0.6) is 0 Å². The van der Waals surface area contributed by atoms with E-state index in [0.29, 0.717) is 0 Å². The monoisotopic (exact) mass is 286 g/mol. The molecule has 1 N–H and O–H groups in total. The number of furan rings is 1. The third kappa shape index (κ3) is 3.14. The van der Waals surface area contributed by atoms with Crippen molar-refractivity contribution in [2.24, 2.45) is 0 Å². The molecule has 1 aromatic carbocycles. The van der Waals surface area contributed by atoms with Crippen molar-refractivity contribution < 1.29 is 4.42 Å². The molecule has 1 aliphatic heterocycles. The zero-order chi connectivity index (χ0) is 14.7. The second-order valence-corrected chi connectivity index (χ2v) is 6.08. The van der Waals surface area contributed by atoms with Crippen molar-refractivity contribution >= 4 is 11.0 Å². The molecular weight excluding hydrogens is 260 g/mol. The van der Waals surface area contributed by atoms with Gasteiger partial charge in [0, 0.05) is 18.0 Å². The van der Waals surface area contributed by atoms with Gasteiger partial charge in [0.2, 0.25) is 0 Å². The topological polar surface area (TPSA) is 28.4 Å². The number of hydrogen-bond acceptors (Lipinski definition) is 3. The molecule has 2 unspecified atom stereocenters. The molecule has 1 aromatic heterocycles. The van der Waals surface area contributed by atoms with Crippen LogP contribution in [0.2, 0.25) is 0 Å². The molecule has 1 saturated heterocycles. The molecule has 0 amide bonds. The molecule has 2 atom stereocenters. The Kier molecular flexibility index (Phi) is 4.61. The molecule has 3 nitrogen and oxygen atoms in total. The van der Waals surface area contributed by atoms with Gasteiger partial charge in [-0.2, -0.15) is 0 Å². The van der Waals surface area contributed by atoms with E-state index >= 15 is 0 Å². The first kappa shape index (κ1) is 14.6. The highest BCUT2D eigenvalue weighted by Gasteiger charge is 2.25. The van der Waals surface area contributed by atoms with Crippen molar-refractivity contribution in [2.75, 3.05) is 20.1 Å². The standard InChI is InChI=1S/C18H26N2O/c1-3-15-9-6-7-11-20(15)13-16(19-2)18-12-14-8-4-5-10-17(14)21-18/h4-5,8,10,12,15-16,19H,3,6-7,9,11,13H2,1-2H3. The smallest absolute Gasteiger partial charge is 0.134 e. The summed E-state index contributed by atoms with van der Waals surface area (Å²) in [6, 6.07) is 11.4. The highest BCUT2D eigenvalue weighted by molar-refractivity contribution is 5.77. The molecule has 1 aliphatic rings. The molecule has 1 fully saturated rings. The fourth-order valence-electron chi connectivity index (χ4n) is 3.49. The van der Waals surface area contributed by atoms with Gasteiger partial charge in [0.05, 0.1) is 6.04 Å². The minimum Gasteiger partial charge on any atom is -0.459 e. The highest BCUT2D eigenvalue weighted by Crippen LogP contribution is 2.27. The molecule has 0 radical (unpaired) electrons. The Morgan fingerprint density at radius 1 is 1.33 bits per heavy atom. The summed E-state index contributed by atoms with van der Waals surface area (Å²) in [6.45, 7) is 4.56. The Morgan fingerprint density at radius 3 is 2.95 bits per heavy atom. The van der Waals surface area contributed by atoms with E-state index in [0.717, 1.165) is 23.9 Å². The van der Waals surface area contributed by atoms with Crippen LogP contribution in [0.15, 0.2) is 34.7 Å². The number of piperidine rings is 1. The number of hydrogen-bond donors (Lipinski definition) is 1. The average Bonchev–Trinajstić information content (AvgIpc) is 2.96. The third-order valence-corrected chi connectivity index (χ3v) is 4.77. The summed E-state index contributed by atoms with van der Waals surface area (Å²) in [5, 5.41) is 4.63. The molecule has 3 heteroatoms. The molecule has 21 heavy (non-hydrogen) atoms. The summed E-state index contributed by atoms with van der Waals surface area (Å²) >= 11 is 0. The second-order valence-electron chi connectivity index (χ2n) is 6.08. The fraction of sp³-hybridized carbons (Fsp3) is 0.556. The van der Waals surface area contributed by atoms with Crippen molar-refractivity contribution in [3.8, 4) is 0 Å². The summed E-state index contributed by atoms with van der Waals surface area (Å²) in [4.78, 5) is 2.64. The predicted octanol–water partition coefficient (Wildman–Crippen LogP) is 3.96. The van der Waals surface area contributed by atoms with Gasteiger partial charge in [-0.3, -0.25) is 4.90 Å². The number of likely N-dealkylation sites (tertiary alicyclic amines) is 1. The summed E-state index contributed by atoms with van der Waals surface area (Å²) in [6.07, 6.45) is 5.29. The van der Waals surface area contributed by atoms with E-state index < -0.39 is 0 Å². The van der Waals surface area contributed by atoms with Crippen LogP contribution < -0.4 is 5.32 Å². The SMILES string of the molecule is CCC1CCCCN1CC(NC)c1cc2ccccc2o1. The Hall–Kier alpha value is -1.32. The van der Waals surface area contributed by atoms with Gasteiger partial charge >= 0.3 is 0 Å². The van der Waals surface area contributed by atoms with E-state index in [1.54, 1.807) is 0 Å². The molecule has 3 rings (SSSR count). The zero-order valence-corrected chi connectivity index (χ0v) is 13.1. The number of benzene rings is 1. The van der Waals surface area contributed by atoms with Crippen molar-refractivity contribution in [3.05, 3.63) is 36.1 Å². The first-order chi connectivity index (χ1) is 10.3. The van der Waals surface area contributed by atoms with Gasteiger partial charge in [-0.25, -0.2) is 0 Å². The van der Waals surface area contributed by atoms with E-state index in [4.69, 9.17) is 4.42 Å². The fourth-order valence-corrected chi connectivity index (χ4v) is 3.49. The van der Waals surface area contributed by atoms with Crippen LogP contribution in [0.3, 0.4) is 0 Å². The van der Waals surface area contributed by atoms with Gasteiger partial charge in [0.15, 0.2) is 0 Å². The van der Waals surface area contributed by atoms with Crippen LogP contribution in [0, 0.1) is 0 Å². The molecular formula is C18H26N2O. The first-order valence-corrected chi connectivity index (χ1v) is 8.21. The molecule has 2 heterocycles. The number of nitrogens with one attached hydrogen (secondary N) is 1. The van der Waals surface area contributed by atoms with Crippen LogP contribution in [-0.2, 0) is 0 Å². The predicted molar refractivity (Wildman–Crippen MR) is 87.5 cm³/mol. The van der Waals surface area contributed by atoms with E-state index in [1.165, 1.54) is 37.6 Å². The minimum absolute atomic E-state index is 0.268. The summed E-state index contributed by atoms with van der Waals surface area (Å²) in [5.74, 6) is 1.05. The Morgan fingerprint density at radius 2 is 2.19 bits per heavy atom. The van der Waals surface area contributed by atoms with E-state index in [-0.39, 0.29) is 6.04 Å².